The highest BCUT2D eigenvalue weighted by molar-refractivity contribution is 7.59. The maximum atomic E-state index is 8.35. The number of nitrogens with one attached hydrogen (secondary N) is 2. The molecule has 19 heavy (non-hydrogen) atoms. The first-order chi connectivity index (χ1) is 8.83. The largest absolute Gasteiger partial charge is 0.231 e. The minimum absolute atomic E-state index is 0. The molecule has 2 aromatic carbocycles. The molecule has 100 valence electrons. The molecule has 4 nitrogen and oxygen atoms in total. The number of rotatable bonds is 0. The Morgan fingerprint density at radius 1 is 0.474 bits per heavy atom. The quantitative estimate of drug-likeness (QED) is 0.571. The van der Waals surface area contributed by atoms with Crippen LogP contribution in [0.5, 0.6) is 0 Å². The van der Waals surface area contributed by atoms with Crippen molar-refractivity contribution >= 4 is 25.7 Å². The Labute approximate surface area is 119 Å². The molecular formula is C14H16N2O2S. The summed E-state index contributed by atoms with van der Waals surface area (Å²) in [5, 5.41) is 10.8. The van der Waals surface area contributed by atoms with Gasteiger partial charge in [-0.25, -0.2) is 20.4 Å². The predicted molar refractivity (Wildman–Crippen MR) is 80.1 cm³/mol. The van der Waals surface area contributed by atoms with Gasteiger partial charge in [0.15, 0.2) is 0 Å². The number of hydrogen-bond acceptors (Lipinski definition) is 4. The van der Waals surface area contributed by atoms with Crippen molar-refractivity contribution in [3.05, 3.63) is 72.8 Å². The summed E-state index contributed by atoms with van der Waals surface area (Å²) in [6.07, 6.45) is 1.50. The third-order valence-corrected chi connectivity index (χ3v) is 1.33. The fourth-order valence-corrected chi connectivity index (χ4v) is 0.770. The van der Waals surface area contributed by atoms with Crippen LogP contribution in [0.15, 0.2) is 72.8 Å². The van der Waals surface area contributed by atoms with Crippen LogP contribution in [0.4, 0.5) is 0 Å². The van der Waals surface area contributed by atoms with Gasteiger partial charge in [0.25, 0.3) is 0 Å². The van der Waals surface area contributed by atoms with Crippen LogP contribution in [0.2, 0.25) is 0 Å². The Bertz CT molecular complexity index is 327. The molecule has 2 aromatic rings. The Hall–Kier alpha value is -2.45. The number of benzene rings is 2. The highest BCUT2D eigenvalue weighted by Gasteiger charge is 1.58. The van der Waals surface area contributed by atoms with Gasteiger partial charge in [-0.2, -0.15) is 13.5 Å². The van der Waals surface area contributed by atoms with Crippen LogP contribution in [0.25, 0.3) is 0 Å². The summed E-state index contributed by atoms with van der Waals surface area (Å²) in [6.45, 7) is 0. The summed E-state index contributed by atoms with van der Waals surface area (Å²) in [4.78, 5) is 16.7. The van der Waals surface area contributed by atoms with Crippen LogP contribution in [0, 0.1) is 10.8 Å². The fraction of sp³-hybridized carbons (Fsp3) is 0. The minimum atomic E-state index is 0. The molecule has 0 aliphatic carbocycles. The van der Waals surface area contributed by atoms with Crippen molar-refractivity contribution in [2.24, 2.45) is 0 Å². The molecule has 0 bridgehead atoms. The lowest BCUT2D eigenvalue weighted by Gasteiger charge is -1.69. The highest BCUT2D eigenvalue weighted by Crippen LogP contribution is 1.80. The standard InChI is InChI=1S/2C6H6.2CHNO.H2S/c2*1-2-4-6-5-3-1;2*2-1-3;/h2*1-6H;2*2H;1H2. The van der Waals surface area contributed by atoms with Gasteiger partial charge in [0.2, 0.25) is 12.2 Å². The molecule has 5 heteroatoms. The van der Waals surface area contributed by atoms with Crippen molar-refractivity contribution in [2.45, 2.75) is 0 Å². The normalized spacial score (nSPS) is 5.89. The van der Waals surface area contributed by atoms with Gasteiger partial charge in [-0.1, -0.05) is 72.8 Å². The molecular weight excluding hydrogens is 260 g/mol. The molecule has 0 aliphatic heterocycles. The van der Waals surface area contributed by atoms with Crippen LogP contribution >= 0.6 is 13.5 Å². The number of carbonyl (C=O) groups excluding carboxylic acids is 2. The molecule has 0 radical (unpaired) electrons. The highest BCUT2D eigenvalue weighted by atomic mass is 32.1. The molecule has 2 N–H and O–H groups in total. The Morgan fingerprint density at radius 3 is 0.579 bits per heavy atom. The molecule has 0 aromatic heterocycles. The van der Waals surface area contributed by atoms with Gasteiger partial charge < -0.3 is 0 Å². The summed E-state index contributed by atoms with van der Waals surface area (Å²) in [7, 11) is 0. The van der Waals surface area contributed by atoms with Gasteiger partial charge in [0, 0.05) is 0 Å². The van der Waals surface area contributed by atoms with Crippen molar-refractivity contribution in [3.8, 4) is 0 Å². The fourth-order valence-electron chi connectivity index (χ4n) is 0.770. The van der Waals surface area contributed by atoms with Crippen molar-refractivity contribution in [1.29, 1.82) is 10.8 Å². The van der Waals surface area contributed by atoms with Crippen molar-refractivity contribution in [3.63, 3.8) is 0 Å². The van der Waals surface area contributed by atoms with E-state index >= 15 is 0 Å². The molecule has 0 spiro atoms. The zero-order valence-corrected chi connectivity index (χ0v) is 11.2. The van der Waals surface area contributed by atoms with Crippen molar-refractivity contribution < 1.29 is 9.59 Å². The zero-order chi connectivity index (χ0) is 13.9. The summed E-state index contributed by atoms with van der Waals surface area (Å²) in [5.74, 6) is 0. The van der Waals surface area contributed by atoms with Crippen LogP contribution in [0.3, 0.4) is 0 Å². The molecule has 0 heterocycles. The lowest BCUT2D eigenvalue weighted by Crippen LogP contribution is -1.47. The molecule has 0 saturated carbocycles. The Morgan fingerprint density at radius 2 is 0.526 bits per heavy atom. The first-order valence-electron chi connectivity index (χ1n) is 4.91. The summed E-state index contributed by atoms with van der Waals surface area (Å²) in [5.41, 5.74) is 0. The zero-order valence-electron chi connectivity index (χ0n) is 10.2. The predicted octanol–water partition coefficient (Wildman–Crippen LogP) is 3.29. The van der Waals surface area contributed by atoms with Gasteiger partial charge in [-0.15, -0.1) is 0 Å². The SMILES string of the molecule is N=C=O.N=C=O.S.c1ccccc1.c1ccccc1. The average molecular weight is 276 g/mol. The van der Waals surface area contributed by atoms with E-state index in [0.29, 0.717) is 0 Å². The van der Waals surface area contributed by atoms with Crippen molar-refractivity contribution in [1.82, 2.24) is 0 Å². The van der Waals surface area contributed by atoms with Crippen LogP contribution in [-0.2, 0) is 9.59 Å². The van der Waals surface area contributed by atoms with E-state index in [1.54, 1.807) is 0 Å². The molecule has 2 rings (SSSR count). The molecule has 0 fully saturated rings. The molecule has 0 unspecified atom stereocenters. The second kappa shape index (κ2) is 24.7. The van der Waals surface area contributed by atoms with Gasteiger partial charge in [0.1, 0.15) is 0 Å². The van der Waals surface area contributed by atoms with E-state index in [0.717, 1.165) is 12.2 Å². The smallest absolute Gasteiger partial charge is 0.222 e. The van der Waals surface area contributed by atoms with Gasteiger partial charge in [-0.3, -0.25) is 0 Å². The Kier molecular flexibility index (Phi) is 28.3. The molecule has 0 saturated heterocycles. The average Bonchev–Trinajstić information content (AvgIpc) is 2.45. The summed E-state index contributed by atoms with van der Waals surface area (Å²) >= 11 is 0. The van der Waals surface area contributed by atoms with Crippen LogP contribution in [0.1, 0.15) is 0 Å². The maximum Gasteiger partial charge on any atom is 0.231 e. The monoisotopic (exact) mass is 276 g/mol. The lowest BCUT2D eigenvalue weighted by atomic mass is 10.4. The van der Waals surface area contributed by atoms with Crippen molar-refractivity contribution in [2.75, 3.05) is 0 Å². The van der Waals surface area contributed by atoms with E-state index in [1.165, 1.54) is 0 Å². The lowest BCUT2D eigenvalue weighted by molar-refractivity contribution is 0.562. The Balaban J connectivity index is -0.000000188. The minimum Gasteiger partial charge on any atom is -0.222 e. The van der Waals surface area contributed by atoms with E-state index in [1.807, 2.05) is 72.8 Å². The topological polar surface area (TPSA) is 81.8 Å². The summed E-state index contributed by atoms with van der Waals surface area (Å²) < 4.78 is 0. The van der Waals surface area contributed by atoms with Gasteiger partial charge >= 0.3 is 0 Å². The first kappa shape index (κ1) is 21.8. The third-order valence-electron chi connectivity index (χ3n) is 1.33. The van der Waals surface area contributed by atoms with Crippen LogP contribution < -0.4 is 0 Å². The van der Waals surface area contributed by atoms with Crippen LogP contribution in [-0.4, -0.2) is 12.2 Å². The molecule has 0 aliphatic rings. The second-order valence-corrected chi connectivity index (χ2v) is 2.51. The summed E-state index contributed by atoms with van der Waals surface area (Å²) in [6, 6.07) is 24.0. The molecule has 0 amide bonds. The van der Waals surface area contributed by atoms with Gasteiger partial charge in [-0.05, 0) is 0 Å². The number of hydrogen-bond donors (Lipinski definition) is 2. The molecule has 0 atom stereocenters. The number of isocyanates is 2. The van der Waals surface area contributed by atoms with E-state index in [4.69, 9.17) is 20.4 Å². The first-order valence-corrected chi connectivity index (χ1v) is 4.91. The maximum absolute atomic E-state index is 8.35. The third kappa shape index (κ3) is 31.3. The van der Waals surface area contributed by atoms with E-state index in [-0.39, 0.29) is 13.5 Å². The van der Waals surface area contributed by atoms with E-state index in [2.05, 4.69) is 0 Å². The van der Waals surface area contributed by atoms with Gasteiger partial charge in [0.05, 0.1) is 0 Å². The van der Waals surface area contributed by atoms with E-state index < -0.39 is 0 Å². The second-order valence-electron chi connectivity index (χ2n) is 2.51. The van der Waals surface area contributed by atoms with E-state index in [9.17, 15) is 0 Å².